The monoisotopic (exact) mass is 561 g/mol. The Morgan fingerprint density at radius 3 is 2.42 bits per heavy atom. The summed E-state index contributed by atoms with van der Waals surface area (Å²) in [6, 6.07) is 20.7. The quantitative estimate of drug-likeness (QED) is 0.194. The molecule has 0 aliphatic heterocycles. The van der Waals surface area contributed by atoms with Crippen LogP contribution in [-0.4, -0.2) is 41.8 Å². The third kappa shape index (κ3) is 9.96. The van der Waals surface area contributed by atoms with Crippen LogP contribution in [0.3, 0.4) is 0 Å². The minimum absolute atomic E-state index is 0. The molecule has 3 rings (SSSR count). The van der Waals surface area contributed by atoms with E-state index in [1.54, 1.807) is 0 Å². The molecule has 33 heavy (non-hydrogen) atoms. The van der Waals surface area contributed by atoms with Gasteiger partial charge in [-0.25, -0.2) is 4.98 Å². The molecular formula is C26H36IN5O. The highest BCUT2D eigenvalue weighted by Crippen LogP contribution is 2.06. The van der Waals surface area contributed by atoms with Gasteiger partial charge in [0, 0.05) is 45.0 Å². The molecule has 0 radical (unpaired) electrons. The average Bonchev–Trinajstić information content (AvgIpc) is 3.25. The van der Waals surface area contributed by atoms with Crippen molar-refractivity contribution in [1.82, 2.24) is 20.2 Å². The van der Waals surface area contributed by atoms with Crippen molar-refractivity contribution in [2.75, 3.05) is 26.2 Å². The van der Waals surface area contributed by atoms with Crippen LogP contribution in [0.5, 0.6) is 0 Å². The number of benzene rings is 2. The number of hydrogen-bond donors (Lipinski definition) is 2. The van der Waals surface area contributed by atoms with Gasteiger partial charge >= 0.3 is 0 Å². The van der Waals surface area contributed by atoms with Gasteiger partial charge in [-0.05, 0) is 24.0 Å². The molecule has 0 amide bonds. The summed E-state index contributed by atoms with van der Waals surface area (Å²) in [5.41, 5.74) is 2.47. The average molecular weight is 562 g/mol. The maximum absolute atomic E-state index is 5.84. The Morgan fingerprint density at radius 1 is 1.03 bits per heavy atom. The lowest BCUT2D eigenvalue weighted by atomic mass is 10.2. The molecule has 0 spiro atoms. The molecule has 2 aromatic carbocycles. The van der Waals surface area contributed by atoms with Crippen LogP contribution >= 0.6 is 24.0 Å². The summed E-state index contributed by atoms with van der Waals surface area (Å²) in [5.74, 6) is 2.25. The fourth-order valence-electron chi connectivity index (χ4n) is 3.38. The normalized spacial score (nSPS) is 12.1. The molecule has 0 fully saturated rings. The maximum Gasteiger partial charge on any atom is 0.191 e. The summed E-state index contributed by atoms with van der Waals surface area (Å²) in [4.78, 5) is 9.27. The first-order valence-electron chi connectivity index (χ1n) is 11.4. The van der Waals surface area contributed by atoms with Crippen LogP contribution in [0.1, 0.15) is 30.8 Å². The summed E-state index contributed by atoms with van der Waals surface area (Å²) in [6.07, 6.45) is 4.74. The maximum atomic E-state index is 5.84. The molecule has 7 heteroatoms. The summed E-state index contributed by atoms with van der Waals surface area (Å²) < 4.78 is 8.05. The van der Waals surface area contributed by atoms with Gasteiger partial charge in [0.25, 0.3) is 0 Å². The molecule has 1 aromatic heterocycles. The van der Waals surface area contributed by atoms with Crippen molar-refractivity contribution >= 4 is 29.9 Å². The van der Waals surface area contributed by atoms with Gasteiger partial charge in [-0.3, -0.25) is 4.99 Å². The minimum atomic E-state index is 0. The lowest BCUT2D eigenvalue weighted by Gasteiger charge is -2.14. The Hall–Kier alpha value is -2.39. The topological polar surface area (TPSA) is 63.5 Å². The second-order valence-corrected chi connectivity index (χ2v) is 7.96. The Labute approximate surface area is 214 Å². The second kappa shape index (κ2) is 15.4. The largest absolute Gasteiger partial charge is 0.376 e. The molecule has 0 aliphatic rings. The number of rotatable bonds is 12. The first-order chi connectivity index (χ1) is 15.7. The summed E-state index contributed by atoms with van der Waals surface area (Å²) in [7, 11) is 0. The van der Waals surface area contributed by atoms with Gasteiger partial charge in [-0.1, -0.05) is 67.6 Å². The number of aliphatic imine (C=N–C) groups is 1. The van der Waals surface area contributed by atoms with Gasteiger partial charge in [-0.2, -0.15) is 0 Å². The molecule has 0 aliphatic carbocycles. The molecule has 3 aromatic rings. The third-order valence-electron chi connectivity index (χ3n) is 5.06. The van der Waals surface area contributed by atoms with Crippen molar-refractivity contribution in [2.45, 2.75) is 33.4 Å². The van der Waals surface area contributed by atoms with E-state index >= 15 is 0 Å². The standard InChI is InChI=1S/C26H35N5O.HI/c1-3-27-26(30-18-22(2)20-32-21-24-12-8-5-9-13-24)29-15-14-25-28-16-17-31(25)19-23-10-6-4-7-11-23;/h4-13,16-17,22H,3,14-15,18-21H2,1-2H3,(H2,27,29,30);1H. The van der Waals surface area contributed by atoms with Gasteiger partial charge in [0.05, 0.1) is 13.2 Å². The highest BCUT2D eigenvalue weighted by molar-refractivity contribution is 14.0. The van der Waals surface area contributed by atoms with Gasteiger partial charge < -0.3 is 19.9 Å². The van der Waals surface area contributed by atoms with E-state index < -0.39 is 0 Å². The predicted molar refractivity (Wildman–Crippen MR) is 146 cm³/mol. The number of halogens is 1. The van der Waals surface area contributed by atoms with E-state index in [2.05, 4.69) is 70.4 Å². The highest BCUT2D eigenvalue weighted by atomic mass is 127. The number of ether oxygens (including phenoxy) is 1. The van der Waals surface area contributed by atoms with Crippen molar-refractivity contribution in [3.63, 3.8) is 0 Å². The van der Waals surface area contributed by atoms with E-state index in [-0.39, 0.29) is 24.0 Å². The Balaban J connectivity index is 0.00000385. The van der Waals surface area contributed by atoms with Gasteiger partial charge in [-0.15, -0.1) is 24.0 Å². The SMILES string of the molecule is CCNC(=NCC(C)COCc1ccccc1)NCCc1nccn1Cc1ccccc1.I. The van der Waals surface area contributed by atoms with Crippen LogP contribution in [0.2, 0.25) is 0 Å². The molecule has 2 N–H and O–H groups in total. The van der Waals surface area contributed by atoms with Crippen molar-refractivity contribution in [2.24, 2.45) is 10.9 Å². The molecule has 178 valence electrons. The van der Waals surface area contributed by atoms with Gasteiger partial charge in [0.15, 0.2) is 5.96 Å². The number of hydrogen-bond acceptors (Lipinski definition) is 3. The third-order valence-corrected chi connectivity index (χ3v) is 5.06. The van der Waals surface area contributed by atoms with Crippen LogP contribution in [0.4, 0.5) is 0 Å². The summed E-state index contributed by atoms with van der Waals surface area (Å²) >= 11 is 0. The molecule has 1 atom stereocenters. The predicted octanol–water partition coefficient (Wildman–Crippen LogP) is 4.50. The molecule has 0 bridgehead atoms. The van der Waals surface area contributed by atoms with Crippen LogP contribution < -0.4 is 10.6 Å². The van der Waals surface area contributed by atoms with Gasteiger partial charge in [0.2, 0.25) is 0 Å². The van der Waals surface area contributed by atoms with E-state index in [4.69, 9.17) is 9.73 Å². The molecule has 6 nitrogen and oxygen atoms in total. The number of guanidine groups is 1. The first kappa shape index (κ1) is 26.9. The summed E-state index contributed by atoms with van der Waals surface area (Å²) in [6.45, 7) is 8.73. The summed E-state index contributed by atoms with van der Waals surface area (Å²) in [5, 5.41) is 6.76. The van der Waals surface area contributed by atoms with E-state index in [0.717, 1.165) is 37.8 Å². The van der Waals surface area contributed by atoms with Crippen LogP contribution in [0, 0.1) is 5.92 Å². The number of nitrogens with zero attached hydrogens (tertiary/aromatic N) is 3. The van der Waals surface area contributed by atoms with E-state index in [1.165, 1.54) is 11.1 Å². The van der Waals surface area contributed by atoms with Crippen molar-refractivity contribution < 1.29 is 4.74 Å². The van der Waals surface area contributed by atoms with Crippen LogP contribution in [0.25, 0.3) is 0 Å². The zero-order valence-electron chi connectivity index (χ0n) is 19.6. The van der Waals surface area contributed by atoms with Crippen molar-refractivity contribution in [3.8, 4) is 0 Å². The van der Waals surface area contributed by atoms with Crippen molar-refractivity contribution in [3.05, 3.63) is 90.0 Å². The van der Waals surface area contributed by atoms with E-state index in [9.17, 15) is 0 Å². The van der Waals surface area contributed by atoms with Crippen LogP contribution in [-0.2, 0) is 24.3 Å². The molecular weight excluding hydrogens is 525 g/mol. The lowest BCUT2D eigenvalue weighted by molar-refractivity contribution is 0.0945. The van der Waals surface area contributed by atoms with Crippen molar-refractivity contribution in [1.29, 1.82) is 0 Å². The fourth-order valence-corrected chi connectivity index (χ4v) is 3.38. The van der Waals surface area contributed by atoms with Crippen LogP contribution in [0.15, 0.2) is 78.0 Å². The Kier molecular flexibility index (Phi) is 12.6. The number of imidazole rings is 1. The molecule has 0 saturated heterocycles. The second-order valence-electron chi connectivity index (χ2n) is 7.96. The zero-order chi connectivity index (χ0) is 22.4. The highest BCUT2D eigenvalue weighted by Gasteiger charge is 2.06. The zero-order valence-corrected chi connectivity index (χ0v) is 21.9. The van der Waals surface area contributed by atoms with Gasteiger partial charge in [0.1, 0.15) is 5.82 Å². The Morgan fingerprint density at radius 2 is 1.73 bits per heavy atom. The number of nitrogens with one attached hydrogen (secondary N) is 2. The molecule has 0 saturated carbocycles. The van der Waals surface area contributed by atoms with E-state index in [1.807, 2.05) is 36.7 Å². The molecule has 1 heterocycles. The Bertz CT molecular complexity index is 930. The van der Waals surface area contributed by atoms with E-state index in [0.29, 0.717) is 25.7 Å². The minimum Gasteiger partial charge on any atom is -0.376 e. The smallest absolute Gasteiger partial charge is 0.191 e. The fraction of sp³-hybridized carbons (Fsp3) is 0.385. The number of aromatic nitrogens is 2. The first-order valence-corrected chi connectivity index (χ1v) is 11.4. The molecule has 1 unspecified atom stereocenters. The lowest BCUT2D eigenvalue weighted by Crippen LogP contribution is -2.39.